The summed E-state index contributed by atoms with van der Waals surface area (Å²) in [5.41, 5.74) is 5.61. The summed E-state index contributed by atoms with van der Waals surface area (Å²) in [7, 11) is 0. The Bertz CT molecular complexity index is 125. The van der Waals surface area contributed by atoms with Crippen LogP contribution in [0.25, 0.3) is 0 Å². The molecule has 1 aliphatic rings. The van der Waals surface area contributed by atoms with Gasteiger partial charge in [0.25, 0.3) is 6.43 Å². The van der Waals surface area contributed by atoms with E-state index in [1.54, 1.807) is 4.90 Å². The maximum absolute atomic E-state index is 11.9. The smallest absolute Gasteiger partial charge is 0.251 e. The van der Waals surface area contributed by atoms with Gasteiger partial charge in [-0.25, -0.2) is 8.78 Å². The Morgan fingerprint density at radius 3 is 2.46 bits per heavy atom. The van der Waals surface area contributed by atoms with E-state index in [-0.39, 0.29) is 37.4 Å². The fourth-order valence-electron chi connectivity index (χ4n) is 1.45. The molecular weight excluding hydrogens is 221 g/mol. The predicted octanol–water partition coefficient (Wildman–Crippen LogP) is 1.52. The summed E-state index contributed by atoms with van der Waals surface area (Å²) >= 11 is 0. The Morgan fingerprint density at radius 1 is 1.38 bits per heavy atom. The third kappa shape index (κ3) is 6.43. The highest BCUT2D eigenvalue weighted by atomic mass is 35.5. The van der Waals surface area contributed by atoms with E-state index in [2.05, 4.69) is 0 Å². The number of alkyl halides is 2. The molecular formula is C7H16Cl2F2N2. The van der Waals surface area contributed by atoms with Gasteiger partial charge in [0.05, 0.1) is 6.54 Å². The second-order valence-electron chi connectivity index (χ2n) is 3.05. The molecule has 82 valence electrons. The Morgan fingerprint density at radius 2 is 2.00 bits per heavy atom. The summed E-state index contributed by atoms with van der Waals surface area (Å²) in [5, 5.41) is 0. The van der Waals surface area contributed by atoms with Crippen molar-refractivity contribution < 1.29 is 8.78 Å². The summed E-state index contributed by atoms with van der Waals surface area (Å²) in [6, 6.07) is 0.0995. The highest BCUT2D eigenvalue weighted by Crippen LogP contribution is 2.09. The quantitative estimate of drug-likeness (QED) is 0.788. The van der Waals surface area contributed by atoms with Gasteiger partial charge in [-0.15, -0.1) is 24.8 Å². The van der Waals surface area contributed by atoms with E-state index in [4.69, 9.17) is 5.73 Å². The molecule has 1 saturated heterocycles. The number of nitrogens with zero attached hydrogens (tertiary/aromatic N) is 1. The Hall–Kier alpha value is 0.360. The van der Waals surface area contributed by atoms with Crippen molar-refractivity contribution in [3.05, 3.63) is 0 Å². The van der Waals surface area contributed by atoms with Crippen LogP contribution in [0.5, 0.6) is 0 Å². The number of likely N-dealkylation sites (tertiary alicyclic amines) is 1. The average Bonchev–Trinajstić information content (AvgIpc) is 1.85. The van der Waals surface area contributed by atoms with Crippen LogP contribution in [0.2, 0.25) is 0 Å². The molecule has 1 rings (SSSR count). The van der Waals surface area contributed by atoms with Crippen molar-refractivity contribution in [2.24, 2.45) is 5.73 Å². The van der Waals surface area contributed by atoms with Crippen molar-refractivity contribution in [3.8, 4) is 0 Å². The van der Waals surface area contributed by atoms with Gasteiger partial charge in [-0.3, -0.25) is 4.90 Å². The predicted molar refractivity (Wildman–Crippen MR) is 54.1 cm³/mol. The zero-order valence-corrected chi connectivity index (χ0v) is 8.92. The van der Waals surface area contributed by atoms with Gasteiger partial charge in [0.1, 0.15) is 0 Å². The minimum atomic E-state index is -2.22. The third-order valence-corrected chi connectivity index (χ3v) is 1.94. The van der Waals surface area contributed by atoms with E-state index in [0.29, 0.717) is 6.54 Å². The van der Waals surface area contributed by atoms with Crippen molar-refractivity contribution in [1.82, 2.24) is 4.90 Å². The number of hydrogen-bond donors (Lipinski definition) is 1. The van der Waals surface area contributed by atoms with Crippen LogP contribution in [0.3, 0.4) is 0 Å². The minimum absolute atomic E-state index is 0. The van der Waals surface area contributed by atoms with Gasteiger partial charge in [0.2, 0.25) is 0 Å². The van der Waals surface area contributed by atoms with Crippen LogP contribution >= 0.6 is 24.8 Å². The van der Waals surface area contributed by atoms with Crippen LogP contribution in [0.15, 0.2) is 0 Å². The fraction of sp³-hybridized carbons (Fsp3) is 1.00. The van der Waals surface area contributed by atoms with E-state index in [1.165, 1.54) is 0 Å². The maximum Gasteiger partial charge on any atom is 0.251 e. The van der Waals surface area contributed by atoms with E-state index >= 15 is 0 Å². The van der Waals surface area contributed by atoms with E-state index < -0.39 is 6.43 Å². The molecule has 0 amide bonds. The lowest BCUT2D eigenvalue weighted by Gasteiger charge is -2.30. The number of nitrogens with two attached hydrogens (primary N) is 1. The lowest BCUT2D eigenvalue weighted by molar-refractivity contribution is 0.0745. The molecule has 0 unspecified atom stereocenters. The Labute approximate surface area is 89.7 Å². The summed E-state index contributed by atoms with van der Waals surface area (Å²) in [5.74, 6) is 0. The molecule has 0 saturated carbocycles. The molecule has 1 aliphatic heterocycles. The molecule has 2 N–H and O–H groups in total. The van der Waals surface area contributed by atoms with Gasteiger partial charge in [0, 0.05) is 12.6 Å². The Balaban J connectivity index is 0. The standard InChI is InChI=1S/C7H14F2N2.2ClH/c8-7(9)5-11-3-1-2-6(10)4-11;;/h6-7H,1-5,10H2;2*1H/t6-;;/m1../s1. The minimum Gasteiger partial charge on any atom is -0.327 e. The number of rotatable bonds is 2. The van der Waals surface area contributed by atoms with Crippen LogP contribution in [0.1, 0.15) is 12.8 Å². The summed E-state index contributed by atoms with van der Waals surface area (Å²) in [6.07, 6.45) is -0.298. The molecule has 0 bridgehead atoms. The van der Waals surface area contributed by atoms with Gasteiger partial charge < -0.3 is 5.73 Å². The average molecular weight is 237 g/mol. The number of halogens is 4. The maximum atomic E-state index is 11.9. The first-order chi connectivity index (χ1) is 5.18. The number of hydrogen-bond acceptors (Lipinski definition) is 2. The first-order valence-electron chi connectivity index (χ1n) is 3.94. The van der Waals surface area contributed by atoms with Crippen molar-refractivity contribution in [2.75, 3.05) is 19.6 Å². The normalized spacial score (nSPS) is 23.5. The molecule has 2 nitrogen and oxygen atoms in total. The summed E-state index contributed by atoms with van der Waals surface area (Å²) < 4.78 is 23.7. The molecule has 0 aliphatic carbocycles. The largest absolute Gasteiger partial charge is 0.327 e. The van der Waals surface area contributed by atoms with Crippen molar-refractivity contribution >= 4 is 24.8 Å². The number of piperidine rings is 1. The topological polar surface area (TPSA) is 29.3 Å². The van der Waals surface area contributed by atoms with Crippen LogP contribution in [0, 0.1) is 0 Å². The molecule has 0 radical (unpaired) electrons. The highest BCUT2D eigenvalue weighted by Gasteiger charge is 2.18. The van der Waals surface area contributed by atoms with Crippen LogP contribution in [0.4, 0.5) is 8.78 Å². The molecule has 13 heavy (non-hydrogen) atoms. The molecule has 1 fully saturated rings. The summed E-state index contributed by atoms with van der Waals surface area (Å²) in [4.78, 5) is 1.73. The molecule has 0 aromatic carbocycles. The van der Waals surface area contributed by atoms with Crippen molar-refractivity contribution in [3.63, 3.8) is 0 Å². The molecule has 0 aromatic rings. The third-order valence-electron chi connectivity index (χ3n) is 1.94. The van der Waals surface area contributed by atoms with Crippen molar-refractivity contribution in [1.29, 1.82) is 0 Å². The van der Waals surface area contributed by atoms with E-state index in [1.807, 2.05) is 0 Å². The van der Waals surface area contributed by atoms with Gasteiger partial charge in [-0.1, -0.05) is 0 Å². The van der Waals surface area contributed by atoms with Crippen molar-refractivity contribution in [2.45, 2.75) is 25.3 Å². The first-order valence-corrected chi connectivity index (χ1v) is 3.94. The first kappa shape index (κ1) is 15.8. The molecule has 1 heterocycles. The van der Waals surface area contributed by atoms with Gasteiger partial charge in [0.15, 0.2) is 0 Å². The molecule has 6 heteroatoms. The highest BCUT2D eigenvalue weighted by molar-refractivity contribution is 5.85. The van der Waals surface area contributed by atoms with Crippen LogP contribution < -0.4 is 5.73 Å². The van der Waals surface area contributed by atoms with Crippen LogP contribution in [-0.2, 0) is 0 Å². The zero-order chi connectivity index (χ0) is 8.27. The van der Waals surface area contributed by atoms with E-state index in [9.17, 15) is 8.78 Å². The summed E-state index contributed by atoms with van der Waals surface area (Å²) in [6.45, 7) is 1.29. The molecule has 0 spiro atoms. The fourth-order valence-corrected chi connectivity index (χ4v) is 1.45. The second kappa shape index (κ2) is 7.74. The lowest BCUT2D eigenvalue weighted by atomic mass is 10.1. The van der Waals surface area contributed by atoms with Crippen LogP contribution in [-0.4, -0.2) is 37.0 Å². The Kier molecular flexibility index (Phi) is 9.41. The molecule has 0 aromatic heterocycles. The lowest BCUT2D eigenvalue weighted by Crippen LogP contribution is -2.44. The van der Waals surface area contributed by atoms with Gasteiger partial charge in [-0.05, 0) is 19.4 Å². The SMILES string of the molecule is Cl.Cl.N[C@@H]1CCCN(CC(F)F)C1. The zero-order valence-electron chi connectivity index (χ0n) is 7.29. The molecule has 1 atom stereocenters. The van der Waals surface area contributed by atoms with Gasteiger partial charge in [-0.2, -0.15) is 0 Å². The monoisotopic (exact) mass is 236 g/mol. The second-order valence-corrected chi connectivity index (χ2v) is 3.05. The van der Waals surface area contributed by atoms with E-state index in [0.717, 1.165) is 19.4 Å². The van der Waals surface area contributed by atoms with Gasteiger partial charge >= 0.3 is 0 Å².